The van der Waals surface area contributed by atoms with E-state index in [1.165, 1.54) is 0 Å². The zero-order valence-corrected chi connectivity index (χ0v) is 16.8. The molecule has 1 aromatic heterocycles. The fraction of sp³-hybridized carbons (Fsp3) is 0.0833. The molecule has 0 atom stereocenters. The lowest BCUT2D eigenvalue weighted by Crippen LogP contribution is -2.37. The summed E-state index contributed by atoms with van der Waals surface area (Å²) in [5.41, 5.74) is 0.655. The van der Waals surface area contributed by atoms with Gasteiger partial charge in [-0.2, -0.15) is 5.11 Å². The predicted octanol–water partition coefficient (Wildman–Crippen LogP) is 4.67. The van der Waals surface area contributed by atoms with Crippen LogP contribution < -0.4 is 11.2 Å². The van der Waals surface area contributed by atoms with Crippen LogP contribution in [0.25, 0.3) is 11.4 Å². The first-order valence-electron chi connectivity index (χ1n) is 9.82. The maximum atomic E-state index is 13.2. The SMILES string of the molecule is CCc1ccc(N=Nc2c(O)n(-c3ccccc3)c(=O)n(-c3ccccc3)c2=O)cc1. The molecule has 0 amide bonds. The van der Waals surface area contributed by atoms with E-state index in [1.54, 1.807) is 72.8 Å². The third kappa shape index (κ3) is 3.93. The second-order valence-electron chi connectivity index (χ2n) is 6.82. The molecule has 3 aromatic carbocycles. The molecule has 0 spiro atoms. The second-order valence-corrected chi connectivity index (χ2v) is 6.82. The number of hydrogen-bond donors (Lipinski definition) is 1. The van der Waals surface area contributed by atoms with Crippen molar-refractivity contribution < 1.29 is 5.11 Å². The first kappa shape index (κ1) is 20.0. The molecule has 0 saturated carbocycles. The van der Waals surface area contributed by atoms with Gasteiger partial charge in [0.05, 0.1) is 17.1 Å². The molecule has 0 fully saturated rings. The summed E-state index contributed by atoms with van der Waals surface area (Å²) in [4.78, 5) is 26.4. The van der Waals surface area contributed by atoms with Gasteiger partial charge < -0.3 is 5.11 Å². The van der Waals surface area contributed by atoms with Gasteiger partial charge in [0.1, 0.15) is 0 Å². The Labute approximate surface area is 178 Å². The fourth-order valence-corrected chi connectivity index (χ4v) is 3.19. The highest BCUT2D eigenvalue weighted by Crippen LogP contribution is 2.26. The molecule has 0 radical (unpaired) electrons. The van der Waals surface area contributed by atoms with Crippen molar-refractivity contribution in [3.8, 4) is 17.3 Å². The average molecular weight is 412 g/mol. The van der Waals surface area contributed by atoms with Gasteiger partial charge in [-0.05, 0) is 48.4 Å². The molecule has 0 unspecified atom stereocenters. The smallest absolute Gasteiger partial charge is 0.343 e. The van der Waals surface area contributed by atoms with Crippen molar-refractivity contribution in [3.63, 3.8) is 0 Å². The number of aromatic nitrogens is 2. The summed E-state index contributed by atoms with van der Waals surface area (Å²) < 4.78 is 2.02. The summed E-state index contributed by atoms with van der Waals surface area (Å²) >= 11 is 0. The number of aryl methyl sites for hydroxylation is 1. The van der Waals surface area contributed by atoms with Crippen molar-refractivity contribution >= 4 is 11.4 Å². The molecule has 1 heterocycles. The minimum atomic E-state index is -0.755. The second kappa shape index (κ2) is 8.62. The monoisotopic (exact) mass is 412 g/mol. The van der Waals surface area contributed by atoms with E-state index in [4.69, 9.17) is 0 Å². The first-order valence-corrected chi connectivity index (χ1v) is 9.82. The first-order chi connectivity index (χ1) is 15.1. The Hall–Kier alpha value is -4.26. The number of hydrogen-bond acceptors (Lipinski definition) is 5. The predicted molar refractivity (Wildman–Crippen MR) is 119 cm³/mol. The van der Waals surface area contributed by atoms with Crippen molar-refractivity contribution in [1.29, 1.82) is 0 Å². The van der Waals surface area contributed by atoms with Gasteiger partial charge >= 0.3 is 5.69 Å². The van der Waals surface area contributed by atoms with E-state index < -0.39 is 17.1 Å². The molecular weight excluding hydrogens is 392 g/mol. The number of nitrogens with zero attached hydrogens (tertiary/aromatic N) is 4. The lowest BCUT2D eigenvalue weighted by atomic mass is 10.2. The number of benzene rings is 3. The summed E-state index contributed by atoms with van der Waals surface area (Å²) in [6.07, 6.45) is 0.891. The van der Waals surface area contributed by atoms with Crippen molar-refractivity contribution in [1.82, 2.24) is 9.13 Å². The maximum absolute atomic E-state index is 13.2. The fourth-order valence-electron chi connectivity index (χ4n) is 3.19. The maximum Gasteiger partial charge on any atom is 0.343 e. The molecule has 154 valence electrons. The van der Waals surface area contributed by atoms with E-state index in [9.17, 15) is 14.7 Å². The van der Waals surface area contributed by atoms with E-state index in [1.807, 2.05) is 19.1 Å². The van der Waals surface area contributed by atoms with Crippen LogP contribution in [0.4, 0.5) is 11.4 Å². The van der Waals surface area contributed by atoms with Gasteiger partial charge in [0, 0.05) is 0 Å². The number of para-hydroxylation sites is 2. The third-order valence-electron chi connectivity index (χ3n) is 4.85. The van der Waals surface area contributed by atoms with E-state index in [-0.39, 0.29) is 5.69 Å². The molecule has 0 aliphatic heterocycles. The molecule has 4 rings (SSSR count). The Bertz CT molecular complexity index is 1340. The highest BCUT2D eigenvalue weighted by Gasteiger charge is 2.21. The van der Waals surface area contributed by atoms with Gasteiger partial charge in [-0.3, -0.25) is 4.79 Å². The van der Waals surface area contributed by atoms with Gasteiger partial charge in [-0.1, -0.05) is 55.5 Å². The topological polar surface area (TPSA) is 88.9 Å². The van der Waals surface area contributed by atoms with Crippen LogP contribution >= 0.6 is 0 Å². The van der Waals surface area contributed by atoms with Crippen molar-refractivity contribution in [2.45, 2.75) is 13.3 Å². The van der Waals surface area contributed by atoms with Crippen LogP contribution in [0.3, 0.4) is 0 Å². The lowest BCUT2D eigenvalue weighted by molar-refractivity contribution is 0.430. The van der Waals surface area contributed by atoms with Crippen LogP contribution in [0.5, 0.6) is 5.88 Å². The van der Waals surface area contributed by atoms with Gasteiger partial charge in [0.15, 0.2) is 0 Å². The quantitative estimate of drug-likeness (QED) is 0.483. The van der Waals surface area contributed by atoms with Gasteiger partial charge in [-0.15, -0.1) is 5.11 Å². The van der Waals surface area contributed by atoms with Crippen molar-refractivity contribution in [2.75, 3.05) is 0 Å². The molecule has 0 aliphatic rings. The summed E-state index contributed by atoms with van der Waals surface area (Å²) in [5, 5.41) is 19.0. The Morgan fingerprint density at radius 1 is 0.742 bits per heavy atom. The van der Waals surface area contributed by atoms with Crippen LogP contribution in [-0.2, 0) is 6.42 Å². The van der Waals surface area contributed by atoms with E-state index in [0.717, 1.165) is 21.1 Å². The van der Waals surface area contributed by atoms with Crippen molar-refractivity contribution in [3.05, 3.63) is 111 Å². The molecule has 0 aliphatic carbocycles. The molecule has 1 N–H and O–H groups in total. The number of rotatable bonds is 5. The van der Waals surface area contributed by atoms with Gasteiger partial charge in [0.2, 0.25) is 11.6 Å². The van der Waals surface area contributed by atoms with E-state index in [0.29, 0.717) is 17.1 Å². The number of azo groups is 1. The third-order valence-corrected chi connectivity index (χ3v) is 4.85. The zero-order valence-electron chi connectivity index (χ0n) is 16.8. The molecule has 0 saturated heterocycles. The highest BCUT2D eigenvalue weighted by atomic mass is 16.3. The normalized spacial score (nSPS) is 11.1. The summed E-state index contributed by atoms with van der Waals surface area (Å²) in [6.45, 7) is 2.05. The largest absolute Gasteiger partial charge is 0.492 e. The highest BCUT2D eigenvalue weighted by molar-refractivity contribution is 5.52. The van der Waals surface area contributed by atoms with Crippen molar-refractivity contribution in [2.24, 2.45) is 10.2 Å². The Kier molecular flexibility index (Phi) is 5.57. The molecule has 7 nitrogen and oxygen atoms in total. The van der Waals surface area contributed by atoms with Crippen LogP contribution in [-0.4, -0.2) is 14.2 Å². The lowest BCUT2D eigenvalue weighted by Gasteiger charge is -2.13. The van der Waals surface area contributed by atoms with Gasteiger partial charge in [-0.25, -0.2) is 13.9 Å². The molecule has 7 heteroatoms. The van der Waals surface area contributed by atoms with Gasteiger partial charge in [0.25, 0.3) is 5.56 Å². The summed E-state index contributed by atoms with van der Waals surface area (Å²) in [7, 11) is 0. The minimum Gasteiger partial charge on any atom is -0.492 e. The van der Waals surface area contributed by atoms with Crippen LogP contribution in [0, 0.1) is 0 Å². The summed E-state index contributed by atoms with van der Waals surface area (Å²) in [5.74, 6) is -0.567. The molecule has 0 bridgehead atoms. The average Bonchev–Trinajstić information content (AvgIpc) is 2.81. The summed E-state index contributed by atoms with van der Waals surface area (Å²) in [6, 6.07) is 24.5. The Morgan fingerprint density at radius 3 is 1.84 bits per heavy atom. The standard InChI is InChI=1S/C24H20N4O3/c1-2-17-13-15-18(16-14-17)25-26-21-22(29)27(19-9-5-3-6-10-19)24(31)28(23(21)30)20-11-7-4-8-12-20/h3-16,29H,2H2,1H3. The molecule has 4 aromatic rings. The molecule has 31 heavy (non-hydrogen) atoms. The van der Waals surface area contributed by atoms with E-state index in [2.05, 4.69) is 10.2 Å². The van der Waals surface area contributed by atoms with E-state index >= 15 is 0 Å². The Balaban J connectivity index is 1.95. The van der Waals surface area contributed by atoms with Crippen LogP contribution in [0.15, 0.2) is 105 Å². The Morgan fingerprint density at radius 2 is 1.29 bits per heavy atom. The molecular formula is C24H20N4O3. The number of aromatic hydroxyl groups is 1. The van der Waals surface area contributed by atoms with Crippen LogP contribution in [0.1, 0.15) is 12.5 Å². The van der Waals surface area contributed by atoms with Crippen LogP contribution in [0.2, 0.25) is 0 Å². The minimum absolute atomic E-state index is 0.327. The zero-order chi connectivity index (χ0) is 21.8.